The molecular weight excluding hydrogens is 402 g/mol. The Labute approximate surface area is 191 Å². The number of phosphoric ester groups is 2. The maximum absolute atomic E-state index is 10.8. The van der Waals surface area contributed by atoms with E-state index < -0.39 is 15.6 Å². The molecule has 114 valence electrons. The second-order valence-electron chi connectivity index (χ2n) is 4.14. The monoisotopic (exact) mass is 410 g/mol. The number of rotatable bonds is 4. The number of phosphoric acid groups is 2. The van der Waals surface area contributed by atoms with Gasteiger partial charge in [0.15, 0.2) is 0 Å². The van der Waals surface area contributed by atoms with Gasteiger partial charge in [-0.25, -0.2) is 0 Å². The quantitative estimate of drug-likeness (QED) is 0.452. The third kappa shape index (κ3) is 7.10. The molecule has 0 aliphatic carbocycles. The standard InChI is InChI=1S/C11H12O8P2.2Ca/c1-7-6-10(18-20(12,13)14)8-4-2-3-5-9(8)11(7)19-21(15,16)17;;/h2-6H,1H3,(H2,12,13,14)(H2,15,16,17);;/q;2*+2/p-4. The summed E-state index contributed by atoms with van der Waals surface area (Å²) in [4.78, 5) is 43.1. The zero-order chi connectivity index (χ0) is 15.8. The number of hydrogen-bond donors (Lipinski definition) is 0. The Morgan fingerprint density at radius 3 is 1.83 bits per heavy atom. The van der Waals surface area contributed by atoms with Crippen LogP contribution in [0.2, 0.25) is 0 Å². The van der Waals surface area contributed by atoms with Crippen molar-refractivity contribution in [1.82, 2.24) is 0 Å². The van der Waals surface area contributed by atoms with Gasteiger partial charge in [-0.2, -0.15) is 0 Å². The average molecular weight is 410 g/mol. The molecule has 0 spiro atoms. The van der Waals surface area contributed by atoms with E-state index in [1.165, 1.54) is 31.2 Å². The molecule has 0 amide bonds. The summed E-state index contributed by atoms with van der Waals surface area (Å²) in [5.74, 6) is -0.506. The third-order valence-corrected chi connectivity index (χ3v) is 3.38. The third-order valence-electron chi connectivity index (χ3n) is 2.56. The zero-order valence-electron chi connectivity index (χ0n) is 12.0. The Bertz CT molecular complexity index is 785. The van der Waals surface area contributed by atoms with Gasteiger partial charge in [0.1, 0.15) is 27.1 Å². The minimum atomic E-state index is -5.29. The first kappa shape index (κ1) is 24.1. The summed E-state index contributed by atoms with van der Waals surface area (Å²) in [5.41, 5.74) is 0.129. The van der Waals surface area contributed by atoms with Crippen molar-refractivity contribution in [2.24, 2.45) is 0 Å². The van der Waals surface area contributed by atoms with Gasteiger partial charge in [0, 0.05) is 10.8 Å². The smallest absolute Gasteiger partial charge is 0.780 e. The molecule has 0 atom stereocenters. The normalized spacial score (nSPS) is 11.3. The van der Waals surface area contributed by atoms with Crippen LogP contribution in [0.1, 0.15) is 5.56 Å². The number of fused-ring (bicyclic) bond motifs is 1. The minimum absolute atomic E-state index is 0. The molecule has 2 aromatic rings. The molecule has 0 bridgehead atoms. The predicted molar refractivity (Wildman–Crippen MR) is 76.7 cm³/mol. The van der Waals surface area contributed by atoms with Crippen LogP contribution < -0.4 is 28.6 Å². The van der Waals surface area contributed by atoms with Gasteiger partial charge in [-0.05, 0) is 18.6 Å². The van der Waals surface area contributed by atoms with Crippen LogP contribution in [0.4, 0.5) is 0 Å². The van der Waals surface area contributed by atoms with Crippen LogP contribution in [0, 0.1) is 6.92 Å². The molecule has 0 fully saturated rings. The molecule has 2 rings (SSSR count). The molecule has 0 heterocycles. The first-order valence-corrected chi connectivity index (χ1v) is 8.44. The van der Waals surface area contributed by atoms with Crippen LogP contribution in [-0.2, 0) is 9.13 Å². The maximum Gasteiger partial charge on any atom is 2.00 e. The first-order chi connectivity index (χ1) is 9.57. The van der Waals surface area contributed by atoms with Gasteiger partial charge in [0.05, 0.1) is 0 Å². The Balaban J connectivity index is 0.00000242. The summed E-state index contributed by atoms with van der Waals surface area (Å²) in [6.45, 7) is 1.38. The second-order valence-corrected chi connectivity index (χ2v) is 6.30. The average Bonchev–Trinajstić information content (AvgIpc) is 2.31. The first-order valence-electron chi connectivity index (χ1n) is 5.52. The summed E-state index contributed by atoms with van der Waals surface area (Å²) in [7, 11) is -10.6. The summed E-state index contributed by atoms with van der Waals surface area (Å²) in [6, 6.07) is 6.94. The molecule has 0 unspecified atom stereocenters. The van der Waals surface area contributed by atoms with E-state index in [0.29, 0.717) is 0 Å². The van der Waals surface area contributed by atoms with Crippen molar-refractivity contribution in [3.63, 3.8) is 0 Å². The van der Waals surface area contributed by atoms with Crippen molar-refractivity contribution in [3.8, 4) is 11.5 Å². The molecule has 0 saturated heterocycles. The van der Waals surface area contributed by atoms with E-state index in [2.05, 4.69) is 9.05 Å². The van der Waals surface area contributed by atoms with Gasteiger partial charge in [0.2, 0.25) is 0 Å². The maximum atomic E-state index is 10.8. The van der Waals surface area contributed by atoms with Crippen molar-refractivity contribution < 1.29 is 37.8 Å². The van der Waals surface area contributed by atoms with Crippen LogP contribution >= 0.6 is 15.6 Å². The number of benzene rings is 2. The molecule has 8 nitrogen and oxygen atoms in total. The van der Waals surface area contributed by atoms with E-state index >= 15 is 0 Å². The molecule has 23 heavy (non-hydrogen) atoms. The van der Waals surface area contributed by atoms with E-state index in [0.717, 1.165) is 6.07 Å². The van der Waals surface area contributed by atoms with Crippen LogP contribution in [-0.4, -0.2) is 75.5 Å². The van der Waals surface area contributed by atoms with E-state index in [1.54, 1.807) is 0 Å². The van der Waals surface area contributed by atoms with E-state index in [4.69, 9.17) is 0 Å². The summed E-state index contributed by atoms with van der Waals surface area (Å²) >= 11 is 0. The summed E-state index contributed by atoms with van der Waals surface area (Å²) < 4.78 is 30.3. The number of hydrogen-bond acceptors (Lipinski definition) is 8. The summed E-state index contributed by atoms with van der Waals surface area (Å²) in [6.07, 6.45) is 0. The second kappa shape index (κ2) is 9.17. The molecule has 12 heteroatoms. The Morgan fingerprint density at radius 1 is 0.870 bits per heavy atom. The molecule has 0 radical (unpaired) electrons. The zero-order valence-corrected chi connectivity index (χ0v) is 18.2. The van der Waals surface area contributed by atoms with Crippen molar-refractivity contribution in [1.29, 1.82) is 0 Å². The van der Waals surface area contributed by atoms with Crippen LogP contribution in [0.25, 0.3) is 10.8 Å². The molecular formula is C11H8Ca2O8P2. The van der Waals surface area contributed by atoms with Crippen LogP contribution in [0.5, 0.6) is 11.5 Å². The van der Waals surface area contributed by atoms with Gasteiger partial charge >= 0.3 is 75.5 Å². The minimum Gasteiger partial charge on any atom is -0.780 e. The van der Waals surface area contributed by atoms with Crippen molar-refractivity contribution >= 4 is 102 Å². The molecule has 2 aromatic carbocycles. The number of aryl methyl sites for hydroxylation is 1. The van der Waals surface area contributed by atoms with Crippen molar-refractivity contribution in [3.05, 3.63) is 35.9 Å². The largest absolute Gasteiger partial charge is 2.00 e. The molecule has 0 aliphatic heterocycles. The van der Waals surface area contributed by atoms with E-state index in [1.807, 2.05) is 0 Å². The van der Waals surface area contributed by atoms with Crippen molar-refractivity contribution in [2.45, 2.75) is 6.92 Å². The van der Waals surface area contributed by atoms with Gasteiger partial charge in [-0.3, -0.25) is 0 Å². The Hall–Kier alpha value is 1.12. The molecule has 0 aromatic heterocycles. The van der Waals surface area contributed by atoms with Gasteiger partial charge in [-0.15, -0.1) is 0 Å². The van der Waals surface area contributed by atoms with E-state index in [9.17, 15) is 28.7 Å². The fourth-order valence-electron chi connectivity index (χ4n) is 1.88. The molecule has 0 N–H and O–H groups in total. The summed E-state index contributed by atoms with van der Waals surface area (Å²) in [5, 5.41) is 0.256. The topological polar surface area (TPSA) is 145 Å². The van der Waals surface area contributed by atoms with Crippen molar-refractivity contribution in [2.75, 3.05) is 0 Å². The Kier molecular flexibility index (Phi) is 9.62. The molecule has 0 aliphatic rings. The fourth-order valence-corrected chi connectivity index (χ4v) is 2.74. The molecule has 0 saturated carbocycles. The van der Waals surface area contributed by atoms with Gasteiger partial charge in [-0.1, -0.05) is 24.3 Å². The van der Waals surface area contributed by atoms with Crippen LogP contribution in [0.15, 0.2) is 30.3 Å². The van der Waals surface area contributed by atoms with Gasteiger partial charge < -0.3 is 37.8 Å². The Morgan fingerprint density at radius 2 is 1.35 bits per heavy atom. The van der Waals surface area contributed by atoms with Crippen LogP contribution in [0.3, 0.4) is 0 Å². The van der Waals surface area contributed by atoms with E-state index in [-0.39, 0.29) is 103 Å². The fraction of sp³-hybridized carbons (Fsp3) is 0.0909. The predicted octanol–water partition coefficient (Wildman–Crippen LogP) is -1.20. The van der Waals surface area contributed by atoms with Gasteiger partial charge in [0.25, 0.3) is 0 Å². The SMILES string of the molecule is Cc1cc(OP(=O)([O-])[O-])c2ccccc2c1OP(=O)([O-])[O-].[Ca+2].[Ca+2].